The number of nitrogens with zero attached hydrogens (tertiary/aromatic N) is 2. The highest BCUT2D eigenvalue weighted by molar-refractivity contribution is 7.22. The standard InChI is InChI=1S/C16H15N3OS/c1-9-4-5-10(2)15-14(9)18-16(21-15)17-13-7-6-12(19-20)8-11(13)3/h4-8H,1-3H3,(H,17,18). The summed E-state index contributed by atoms with van der Waals surface area (Å²) in [7, 11) is 0. The van der Waals surface area contributed by atoms with Crippen LogP contribution in [0.5, 0.6) is 0 Å². The van der Waals surface area contributed by atoms with E-state index in [9.17, 15) is 4.91 Å². The predicted octanol–water partition coefficient (Wildman–Crippen LogP) is 5.36. The van der Waals surface area contributed by atoms with Gasteiger partial charge in [0.05, 0.1) is 10.2 Å². The quantitative estimate of drug-likeness (QED) is 0.662. The van der Waals surface area contributed by atoms with E-state index in [1.807, 2.05) is 13.0 Å². The van der Waals surface area contributed by atoms with Gasteiger partial charge in [0, 0.05) is 5.69 Å². The molecule has 1 heterocycles. The minimum atomic E-state index is 0.439. The molecule has 0 atom stereocenters. The third-order valence-corrected chi connectivity index (χ3v) is 4.61. The monoisotopic (exact) mass is 297 g/mol. The lowest BCUT2D eigenvalue weighted by atomic mass is 10.1. The van der Waals surface area contributed by atoms with Crippen LogP contribution in [0.1, 0.15) is 16.7 Å². The van der Waals surface area contributed by atoms with Crippen molar-refractivity contribution < 1.29 is 0 Å². The van der Waals surface area contributed by atoms with Gasteiger partial charge < -0.3 is 5.32 Å². The van der Waals surface area contributed by atoms with Gasteiger partial charge in [-0.15, -0.1) is 4.91 Å². The zero-order valence-corrected chi connectivity index (χ0v) is 12.9. The first-order chi connectivity index (χ1) is 10.1. The molecule has 0 fully saturated rings. The molecule has 3 rings (SSSR count). The molecule has 4 nitrogen and oxygen atoms in total. The Morgan fingerprint density at radius 3 is 2.48 bits per heavy atom. The third-order valence-electron chi connectivity index (χ3n) is 3.50. The SMILES string of the molecule is Cc1cc(N=O)ccc1Nc1nc2c(C)ccc(C)c2s1. The fourth-order valence-corrected chi connectivity index (χ4v) is 3.30. The van der Waals surface area contributed by atoms with Crippen molar-refractivity contribution in [1.82, 2.24) is 4.98 Å². The van der Waals surface area contributed by atoms with Crippen LogP contribution in [0, 0.1) is 25.7 Å². The van der Waals surface area contributed by atoms with Crippen LogP contribution in [0.4, 0.5) is 16.5 Å². The molecule has 21 heavy (non-hydrogen) atoms. The van der Waals surface area contributed by atoms with Crippen molar-refractivity contribution in [3.63, 3.8) is 0 Å². The molecule has 0 radical (unpaired) electrons. The maximum Gasteiger partial charge on any atom is 0.188 e. The molecule has 2 aromatic carbocycles. The molecule has 1 N–H and O–H groups in total. The van der Waals surface area contributed by atoms with Crippen LogP contribution < -0.4 is 5.32 Å². The van der Waals surface area contributed by atoms with E-state index in [1.165, 1.54) is 15.8 Å². The van der Waals surface area contributed by atoms with Gasteiger partial charge in [-0.1, -0.05) is 23.5 Å². The summed E-state index contributed by atoms with van der Waals surface area (Å²) in [6, 6.07) is 9.54. The van der Waals surface area contributed by atoms with Crippen LogP contribution in [0.25, 0.3) is 10.2 Å². The Bertz CT molecular complexity index is 800. The summed E-state index contributed by atoms with van der Waals surface area (Å²) in [5.41, 5.74) is 5.81. The van der Waals surface area contributed by atoms with Gasteiger partial charge in [-0.05, 0) is 60.8 Å². The van der Waals surface area contributed by atoms with Gasteiger partial charge in [-0.3, -0.25) is 0 Å². The summed E-state index contributed by atoms with van der Waals surface area (Å²) in [5, 5.41) is 7.14. The summed E-state index contributed by atoms with van der Waals surface area (Å²) < 4.78 is 1.21. The van der Waals surface area contributed by atoms with E-state index in [1.54, 1.807) is 23.5 Å². The molecular weight excluding hydrogens is 282 g/mol. The van der Waals surface area contributed by atoms with Gasteiger partial charge in [0.2, 0.25) is 0 Å². The van der Waals surface area contributed by atoms with Crippen molar-refractivity contribution in [3.8, 4) is 0 Å². The zero-order chi connectivity index (χ0) is 15.0. The molecule has 5 heteroatoms. The summed E-state index contributed by atoms with van der Waals surface area (Å²) >= 11 is 1.64. The van der Waals surface area contributed by atoms with Gasteiger partial charge in [-0.2, -0.15) is 0 Å². The summed E-state index contributed by atoms with van der Waals surface area (Å²) in [6.07, 6.45) is 0. The van der Waals surface area contributed by atoms with Crippen LogP contribution in [0.3, 0.4) is 0 Å². The average Bonchev–Trinajstić information content (AvgIpc) is 2.90. The molecule has 0 saturated heterocycles. The minimum Gasteiger partial charge on any atom is -0.331 e. The van der Waals surface area contributed by atoms with Crippen LogP contribution in [-0.2, 0) is 0 Å². The topological polar surface area (TPSA) is 54.4 Å². The zero-order valence-electron chi connectivity index (χ0n) is 12.1. The van der Waals surface area contributed by atoms with Gasteiger partial charge >= 0.3 is 0 Å². The molecular formula is C16H15N3OS. The number of aromatic nitrogens is 1. The number of hydrogen-bond donors (Lipinski definition) is 1. The second-order valence-corrected chi connectivity index (χ2v) is 6.11. The first kappa shape index (κ1) is 13.7. The first-order valence-electron chi connectivity index (χ1n) is 6.66. The second-order valence-electron chi connectivity index (χ2n) is 5.11. The van der Waals surface area contributed by atoms with Crippen molar-refractivity contribution >= 4 is 38.1 Å². The van der Waals surface area contributed by atoms with E-state index < -0.39 is 0 Å². The fraction of sp³-hybridized carbons (Fsp3) is 0.188. The Kier molecular flexibility index (Phi) is 3.43. The molecule has 1 aromatic heterocycles. The summed E-state index contributed by atoms with van der Waals surface area (Å²) in [4.78, 5) is 15.2. The Hall–Kier alpha value is -2.27. The number of hydrogen-bond acceptors (Lipinski definition) is 5. The van der Waals surface area contributed by atoms with Gasteiger partial charge in [0.1, 0.15) is 5.69 Å². The lowest BCUT2D eigenvalue weighted by Crippen LogP contribution is -1.91. The van der Waals surface area contributed by atoms with Crippen LogP contribution in [-0.4, -0.2) is 4.98 Å². The maximum absolute atomic E-state index is 10.5. The largest absolute Gasteiger partial charge is 0.331 e. The van der Waals surface area contributed by atoms with Gasteiger partial charge in [0.15, 0.2) is 5.13 Å². The fourth-order valence-electron chi connectivity index (χ4n) is 2.27. The van der Waals surface area contributed by atoms with Crippen molar-refractivity contribution in [2.45, 2.75) is 20.8 Å². The number of nitroso groups, excluding NO2 is 1. The number of anilines is 2. The number of thiazole rings is 1. The molecule has 0 aliphatic heterocycles. The maximum atomic E-state index is 10.5. The van der Waals surface area contributed by atoms with E-state index in [-0.39, 0.29) is 0 Å². The number of benzene rings is 2. The molecule has 0 amide bonds. The second kappa shape index (κ2) is 5.26. The molecule has 0 unspecified atom stereocenters. The Morgan fingerprint density at radius 2 is 1.81 bits per heavy atom. The third kappa shape index (κ3) is 2.52. The van der Waals surface area contributed by atoms with Gasteiger partial charge in [-0.25, -0.2) is 4.98 Å². The predicted molar refractivity (Wildman–Crippen MR) is 89.0 cm³/mol. The number of fused-ring (bicyclic) bond motifs is 1. The molecule has 106 valence electrons. The van der Waals surface area contributed by atoms with E-state index in [0.29, 0.717) is 5.69 Å². The van der Waals surface area contributed by atoms with E-state index in [0.717, 1.165) is 21.9 Å². The van der Waals surface area contributed by atoms with E-state index >= 15 is 0 Å². The molecule has 0 saturated carbocycles. The lowest BCUT2D eigenvalue weighted by Gasteiger charge is -2.06. The van der Waals surface area contributed by atoms with Crippen LogP contribution in [0.2, 0.25) is 0 Å². The van der Waals surface area contributed by atoms with Crippen LogP contribution in [0.15, 0.2) is 35.5 Å². The molecule has 0 aliphatic carbocycles. The van der Waals surface area contributed by atoms with Crippen molar-refractivity contribution in [2.24, 2.45) is 5.18 Å². The minimum absolute atomic E-state index is 0.439. The van der Waals surface area contributed by atoms with Gasteiger partial charge in [0.25, 0.3) is 0 Å². The average molecular weight is 297 g/mol. The highest BCUT2D eigenvalue weighted by atomic mass is 32.1. The molecule has 3 aromatic rings. The Balaban J connectivity index is 2.00. The molecule has 0 spiro atoms. The number of rotatable bonds is 3. The highest BCUT2D eigenvalue weighted by Gasteiger charge is 2.09. The molecule has 0 aliphatic rings. The Labute approximate surface area is 126 Å². The normalized spacial score (nSPS) is 10.8. The molecule has 0 bridgehead atoms. The van der Waals surface area contributed by atoms with Crippen molar-refractivity contribution in [1.29, 1.82) is 0 Å². The lowest BCUT2D eigenvalue weighted by molar-refractivity contribution is 1.36. The van der Waals surface area contributed by atoms with E-state index in [4.69, 9.17) is 0 Å². The summed E-state index contributed by atoms with van der Waals surface area (Å²) in [5.74, 6) is 0. The number of aryl methyl sites for hydroxylation is 3. The summed E-state index contributed by atoms with van der Waals surface area (Å²) in [6.45, 7) is 6.11. The Morgan fingerprint density at radius 1 is 1.05 bits per heavy atom. The van der Waals surface area contributed by atoms with Crippen LogP contribution >= 0.6 is 11.3 Å². The van der Waals surface area contributed by atoms with Crippen molar-refractivity contribution in [2.75, 3.05) is 5.32 Å². The van der Waals surface area contributed by atoms with Crippen molar-refractivity contribution in [3.05, 3.63) is 51.9 Å². The smallest absolute Gasteiger partial charge is 0.188 e. The highest BCUT2D eigenvalue weighted by Crippen LogP contribution is 2.33. The van der Waals surface area contributed by atoms with E-state index in [2.05, 4.69) is 41.5 Å². The number of nitrogens with one attached hydrogen (secondary N) is 1. The first-order valence-corrected chi connectivity index (χ1v) is 7.48.